The van der Waals surface area contributed by atoms with Crippen LogP contribution in [0.2, 0.25) is 51.4 Å². The Morgan fingerprint density at radius 1 is 0.723 bits per heavy atom. The van der Waals surface area contributed by atoms with E-state index in [9.17, 15) is 4.79 Å². The molecule has 0 spiro atoms. The van der Waals surface area contributed by atoms with Gasteiger partial charge in [0.25, 0.3) is 0 Å². The van der Waals surface area contributed by atoms with Crippen molar-refractivity contribution in [1.29, 1.82) is 0 Å². The SMILES string of the molecule is CCCC[Si](C)(C)O[Si](C)(C)O[Si](C)(C)CCCc1ccc(OC(=O)Oc2ccc(C(C)(C)c3cccc(C)c3)cc2C)c(OC)c1. The molecule has 0 unspecified atom stereocenters. The third kappa shape index (κ3) is 11.7. The van der Waals surface area contributed by atoms with Crippen molar-refractivity contribution in [3.63, 3.8) is 0 Å². The Morgan fingerprint density at radius 3 is 1.91 bits per heavy atom. The molecule has 3 aromatic carbocycles. The summed E-state index contributed by atoms with van der Waals surface area (Å²) in [6.45, 7) is 24.3. The summed E-state index contributed by atoms with van der Waals surface area (Å²) in [6.07, 6.45) is 3.50. The summed E-state index contributed by atoms with van der Waals surface area (Å²) in [5, 5.41) is 0. The number of benzene rings is 3. The maximum atomic E-state index is 12.8. The first-order chi connectivity index (χ1) is 21.9. The van der Waals surface area contributed by atoms with Gasteiger partial charge in [-0.15, -0.1) is 0 Å². The van der Waals surface area contributed by atoms with E-state index in [-0.39, 0.29) is 5.41 Å². The molecule has 0 amide bonds. The molecule has 0 saturated carbocycles. The van der Waals surface area contributed by atoms with Crippen LogP contribution in [-0.4, -0.2) is 38.5 Å². The van der Waals surface area contributed by atoms with Crippen LogP contribution in [0.4, 0.5) is 4.79 Å². The fourth-order valence-electron chi connectivity index (χ4n) is 6.28. The van der Waals surface area contributed by atoms with Crippen LogP contribution >= 0.6 is 0 Å². The first-order valence-electron chi connectivity index (χ1n) is 17.0. The topological polar surface area (TPSA) is 63.2 Å². The number of hydrogen-bond donors (Lipinski definition) is 0. The van der Waals surface area contributed by atoms with Crippen LogP contribution in [-0.2, 0) is 20.1 Å². The summed E-state index contributed by atoms with van der Waals surface area (Å²) in [7, 11) is -4.26. The molecule has 0 heterocycles. The van der Waals surface area contributed by atoms with Gasteiger partial charge in [-0.25, -0.2) is 4.79 Å². The van der Waals surface area contributed by atoms with E-state index in [2.05, 4.69) is 97.3 Å². The summed E-state index contributed by atoms with van der Waals surface area (Å²) in [5.74, 6) is 1.29. The van der Waals surface area contributed by atoms with Gasteiger partial charge in [0.2, 0.25) is 0 Å². The molecule has 47 heavy (non-hydrogen) atoms. The lowest BCUT2D eigenvalue weighted by Crippen LogP contribution is -2.52. The Bertz CT molecular complexity index is 1500. The summed E-state index contributed by atoms with van der Waals surface area (Å²) in [4.78, 5) is 12.8. The number of hydrogen-bond acceptors (Lipinski definition) is 6. The minimum Gasteiger partial charge on any atom is -0.493 e. The number of rotatable bonds is 16. The van der Waals surface area contributed by atoms with Gasteiger partial charge < -0.3 is 22.4 Å². The Hall–Kier alpha value is -2.70. The lowest BCUT2D eigenvalue weighted by Gasteiger charge is -2.38. The second kappa shape index (κ2) is 16.1. The third-order valence-corrected chi connectivity index (χ3v) is 20.1. The average molecular weight is 695 g/mol. The molecule has 3 aromatic rings. The normalized spacial score (nSPS) is 12.6. The zero-order chi connectivity index (χ0) is 35.0. The van der Waals surface area contributed by atoms with Crippen LogP contribution in [0.5, 0.6) is 17.2 Å². The molecule has 9 heteroatoms. The highest BCUT2D eigenvalue weighted by molar-refractivity contribution is 6.87. The summed E-state index contributed by atoms with van der Waals surface area (Å²) < 4.78 is 30.3. The van der Waals surface area contributed by atoms with E-state index >= 15 is 0 Å². The smallest absolute Gasteiger partial charge is 0.493 e. The molecule has 258 valence electrons. The Balaban J connectivity index is 1.58. The van der Waals surface area contributed by atoms with Crippen LogP contribution in [0.1, 0.15) is 67.9 Å². The maximum Gasteiger partial charge on any atom is 0.519 e. The van der Waals surface area contributed by atoms with Crippen molar-refractivity contribution in [1.82, 2.24) is 0 Å². The highest BCUT2D eigenvalue weighted by Crippen LogP contribution is 2.35. The summed E-state index contributed by atoms with van der Waals surface area (Å²) in [5.41, 5.74) is 5.38. The van der Waals surface area contributed by atoms with E-state index in [0.29, 0.717) is 17.2 Å². The van der Waals surface area contributed by atoms with Crippen LogP contribution in [0, 0.1) is 13.8 Å². The van der Waals surface area contributed by atoms with Crippen molar-refractivity contribution in [2.45, 2.75) is 117 Å². The van der Waals surface area contributed by atoms with Gasteiger partial charge in [0, 0.05) is 5.41 Å². The molecule has 6 nitrogen and oxygen atoms in total. The van der Waals surface area contributed by atoms with Crippen molar-refractivity contribution < 1.29 is 27.2 Å². The molecule has 0 fully saturated rings. The number of carbonyl (C=O) groups is 1. The van der Waals surface area contributed by atoms with Gasteiger partial charge in [0.15, 0.2) is 28.1 Å². The monoisotopic (exact) mass is 694 g/mol. The molecule has 0 aromatic heterocycles. The zero-order valence-electron chi connectivity index (χ0n) is 31.0. The summed E-state index contributed by atoms with van der Waals surface area (Å²) >= 11 is 0. The Labute approximate surface area is 287 Å². The molecule has 0 bridgehead atoms. The average Bonchev–Trinajstić information content (AvgIpc) is 2.96. The number of unbranched alkanes of at least 4 members (excludes halogenated alkanes) is 1. The highest BCUT2D eigenvalue weighted by atomic mass is 28.5. The molecule has 0 aliphatic heterocycles. The Morgan fingerprint density at radius 2 is 1.32 bits per heavy atom. The molecular weight excluding hydrogens is 637 g/mol. The second-order valence-corrected chi connectivity index (χ2v) is 27.5. The Kier molecular flexibility index (Phi) is 13.3. The predicted octanol–water partition coefficient (Wildman–Crippen LogP) is 11.1. The van der Waals surface area contributed by atoms with E-state index < -0.39 is 31.4 Å². The van der Waals surface area contributed by atoms with Crippen molar-refractivity contribution >= 4 is 31.4 Å². The predicted molar refractivity (Wildman–Crippen MR) is 202 cm³/mol. The minimum absolute atomic E-state index is 0.199. The van der Waals surface area contributed by atoms with Crippen LogP contribution < -0.4 is 14.2 Å². The van der Waals surface area contributed by atoms with Crippen LogP contribution in [0.3, 0.4) is 0 Å². The van der Waals surface area contributed by atoms with Gasteiger partial charge >= 0.3 is 14.7 Å². The first-order valence-corrected chi connectivity index (χ1v) is 26.1. The van der Waals surface area contributed by atoms with E-state index in [1.54, 1.807) is 13.2 Å². The largest absolute Gasteiger partial charge is 0.519 e. The fraction of sp³-hybridized carbons (Fsp3) is 0.500. The van der Waals surface area contributed by atoms with E-state index in [1.807, 2.05) is 31.2 Å². The van der Waals surface area contributed by atoms with Gasteiger partial charge in [0.1, 0.15) is 5.75 Å². The lowest BCUT2D eigenvalue weighted by atomic mass is 9.77. The molecule has 0 aliphatic carbocycles. The van der Waals surface area contributed by atoms with Gasteiger partial charge in [-0.3, -0.25) is 0 Å². The van der Waals surface area contributed by atoms with Crippen LogP contribution in [0.25, 0.3) is 0 Å². The van der Waals surface area contributed by atoms with Gasteiger partial charge in [-0.2, -0.15) is 0 Å². The quantitative estimate of drug-likeness (QED) is 0.0845. The molecule has 0 saturated heterocycles. The van der Waals surface area contributed by atoms with Crippen molar-refractivity contribution in [3.05, 3.63) is 88.5 Å². The fourth-order valence-corrected chi connectivity index (χ4v) is 20.5. The van der Waals surface area contributed by atoms with Crippen LogP contribution in [0.15, 0.2) is 60.7 Å². The first kappa shape index (κ1) is 38.7. The van der Waals surface area contributed by atoms with Gasteiger partial charge in [-0.05, 0) is 119 Å². The number of methoxy groups -OCH3 is 1. The van der Waals surface area contributed by atoms with Crippen molar-refractivity contribution in [2.75, 3.05) is 7.11 Å². The highest BCUT2D eigenvalue weighted by Gasteiger charge is 2.39. The molecular formula is C38H58O6Si3. The minimum atomic E-state index is -2.21. The van der Waals surface area contributed by atoms with E-state index in [0.717, 1.165) is 35.6 Å². The van der Waals surface area contributed by atoms with Crippen molar-refractivity contribution in [3.8, 4) is 17.2 Å². The molecule has 3 rings (SSSR count). The molecule has 0 N–H and O–H groups in total. The third-order valence-electron chi connectivity index (χ3n) is 8.67. The van der Waals surface area contributed by atoms with Gasteiger partial charge in [0.05, 0.1) is 7.11 Å². The summed E-state index contributed by atoms with van der Waals surface area (Å²) in [6, 6.07) is 22.4. The zero-order valence-corrected chi connectivity index (χ0v) is 34.0. The second-order valence-electron chi connectivity index (χ2n) is 15.0. The van der Waals surface area contributed by atoms with E-state index in [4.69, 9.17) is 22.4 Å². The molecule has 0 atom stereocenters. The lowest BCUT2D eigenvalue weighted by molar-refractivity contribution is 0.150. The standard InChI is InChI=1S/C38H58O6Si3/c1-13-14-24-45(7,8)43-47(11,12)44-46(9,10)25-16-18-31-20-22-35(36(28-31)40-6)42-37(39)41-34-23-21-33(27-30(34)3)38(4,5)32-19-15-17-29(2)26-32/h15,17,19-23,26-28H,13-14,16,18,24-25H2,1-12H3. The molecule has 0 radical (unpaired) electrons. The number of carbonyl (C=O) groups excluding carboxylic acids is 1. The number of aryl methyl sites for hydroxylation is 3. The van der Waals surface area contributed by atoms with Crippen molar-refractivity contribution in [2.24, 2.45) is 0 Å². The van der Waals surface area contributed by atoms with Gasteiger partial charge in [-0.1, -0.05) is 81.6 Å². The molecule has 0 aliphatic rings. The van der Waals surface area contributed by atoms with E-state index in [1.165, 1.54) is 30.0 Å². The maximum absolute atomic E-state index is 12.8. The number of ether oxygens (including phenoxy) is 3.